The molecule has 4 aliphatic rings. The van der Waals surface area contributed by atoms with Crippen molar-refractivity contribution in [3.05, 3.63) is 11.6 Å². The molecule has 1 nitrogen and oxygen atoms in total. The fourth-order valence-corrected chi connectivity index (χ4v) is 8.36. The summed E-state index contributed by atoms with van der Waals surface area (Å²) < 4.78 is 5.95. The maximum absolute atomic E-state index is 5.95. The van der Waals surface area contributed by atoms with Gasteiger partial charge in [-0.3, -0.25) is 0 Å². The minimum Gasteiger partial charge on any atom is -0.484 e. The minimum atomic E-state index is 0.327. The predicted octanol–water partition coefficient (Wildman–Crippen LogP) is 7.34. The standard InChI is InChI=1S/C25H40OS/c1-6-16(2)21-9-10-22-20-8-7-18-15-19(26-17(3)27)11-13-24(18,4)23(20)12-14-25(21,22)5/h7,16,19-23H,6,8-15H2,1-5H3/t16-,19-,20-,21+,22-,23-,24-,25+/m0/s1. The number of fused-ring (bicyclic) bond motifs is 5. The van der Waals surface area contributed by atoms with Crippen molar-refractivity contribution in [2.75, 3.05) is 0 Å². The second kappa shape index (κ2) is 7.15. The average Bonchev–Trinajstić information content (AvgIpc) is 2.98. The smallest absolute Gasteiger partial charge is 0.157 e. The van der Waals surface area contributed by atoms with Crippen LogP contribution in [0.25, 0.3) is 0 Å². The quantitative estimate of drug-likeness (QED) is 0.369. The second-order valence-electron chi connectivity index (χ2n) is 10.8. The summed E-state index contributed by atoms with van der Waals surface area (Å²) in [4.78, 5) is 0. The predicted molar refractivity (Wildman–Crippen MR) is 118 cm³/mol. The zero-order valence-corrected chi connectivity index (χ0v) is 19.0. The zero-order valence-electron chi connectivity index (χ0n) is 18.2. The van der Waals surface area contributed by atoms with Crippen LogP contribution in [0.1, 0.15) is 92.4 Å². The second-order valence-corrected chi connectivity index (χ2v) is 11.4. The average molecular weight is 389 g/mol. The molecule has 0 amide bonds. The molecule has 4 rings (SSSR count). The summed E-state index contributed by atoms with van der Waals surface area (Å²) in [6.45, 7) is 12.1. The van der Waals surface area contributed by atoms with E-state index in [9.17, 15) is 0 Å². The van der Waals surface area contributed by atoms with Crippen LogP contribution in [0.15, 0.2) is 11.6 Å². The first kappa shape index (κ1) is 19.9. The summed E-state index contributed by atoms with van der Waals surface area (Å²) >= 11 is 5.21. The monoisotopic (exact) mass is 388 g/mol. The lowest BCUT2D eigenvalue weighted by Crippen LogP contribution is -2.51. The van der Waals surface area contributed by atoms with E-state index in [0.717, 1.165) is 36.0 Å². The molecule has 8 atom stereocenters. The topological polar surface area (TPSA) is 9.23 Å². The molecule has 0 unspecified atom stereocenters. The van der Waals surface area contributed by atoms with E-state index in [4.69, 9.17) is 17.0 Å². The summed E-state index contributed by atoms with van der Waals surface area (Å²) in [6, 6.07) is 0. The molecule has 0 aromatic rings. The Balaban J connectivity index is 1.56. The highest BCUT2D eigenvalue weighted by Crippen LogP contribution is 2.67. The molecule has 152 valence electrons. The van der Waals surface area contributed by atoms with Crippen molar-refractivity contribution in [3.63, 3.8) is 0 Å². The van der Waals surface area contributed by atoms with E-state index in [2.05, 4.69) is 33.8 Å². The minimum absolute atomic E-state index is 0.327. The molecule has 0 spiro atoms. The van der Waals surface area contributed by atoms with Crippen molar-refractivity contribution in [1.29, 1.82) is 0 Å². The first-order chi connectivity index (χ1) is 12.8. The van der Waals surface area contributed by atoms with Crippen LogP contribution in [0.2, 0.25) is 0 Å². The number of thiocarbonyl (C=S) groups is 1. The third-order valence-corrected chi connectivity index (χ3v) is 9.89. The van der Waals surface area contributed by atoms with Crippen LogP contribution >= 0.6 is 12.2 Å². The number of allylic oxidation sites excluding steroid dienone is 1. The molecule has 2 heteroatoms. The van der Waals surface area contributed by atoms with Crippen LogP contribution < -0.4 is 0 Å². The van der Waals surface area contributed by atoms with E-state index >= 15 is 0 Å². The molecular formula is C25H40OS. The highest BCUT2D eigenvalue weighted by atomic mass is 32.1. The van der Waals surface area contributed by atoms with E-state index in [1.165, 1.54) is 51.4 Å². The molecule has 27 heavy (non-hydrogen) atoms. The first-order valence-corrected chi connectivity index (χ1v) is 12.1. The van der Waals surface area contributed by atoms with Crippen LogP contribution in [0.3, 0.4) is 0 Å². The van der Waals surface area contributed by atoms with Crippen LogP contribution in [0.5, 0.6) is 0 Å². The first-order valence-electron chi connectivity index (χ1n) is 11.7. The van der Waals surface area contributed by atoms with Gasteiger partial charge in [0.1, 0.15) is 6.10 Å². The van der Waals surface area contributed by atoms with Gasteiger partial charge in [-0.1, -0.05) is 45.8 Å². The van der Waals surface area contributed by atoms with E-state index in [1.54, 1.807) is 5.57 Å². The molecule has 3 fully saturated rings. The zero-order chi connectivity index (χ0) is 19.4. The van der Waals surface area contributed by atoms with Gasteiger partial charge in [0.05, 0.1) is 0 Å². The molecule has 0 bridgehead atoms. The van der Waals surface area contributed by atoms with Crippen molar-refractivity contribution in [1.82, 2.24) is 0 Å². The summed E-state index contributed by atoms with van der Waals surface area (Å²) in [5.74, 6) is 4.65. The van der Waals surface area contributed by atoms with Crippen LogP contribution in [-0.4, -0.2) is 11.2 Å². The third kappa shape index (κ3) is 3.13. The highest BCUT2D eigenvalue weighted by molar-refractivity contribution is 7.80. The Morgan fingerprint density at radius 2 is 1.96 bits per heavy atom. The van der Waals surface area contributed by atoms with Crippen molar-refractivity contribution < 1.29 is 4.74 Å². The number of ether oxygens (including phenoxy) is 1. The number of hydrogen-bond acceptors (Lipinski definition) is 2. The SMILES string of the molecule is CC[C@H](C)[C@H]1CC[C@H]2[C@@H]3CC=C4C[C@@H](OC(C)=S)CC[C@]4(C)[C@H]3CC[C@]12C. The Morgan fingerprint density at radius 3 is 2.67 bits per heavy atom. The summed E-state index contributed by atoms with van der Waals surface area (Å²) in [5, 5.41) is 0.716. The number of rotatable bonds is 3. The molecule has 0 radical (unpaired) electrons. The lowest BCUT2D eigenvalue weighted by molar-refractivity contribution is -0.0559. The van der Waals surface area contributed by atoms with Crippen molar-refractivity contribution >= 4 is 17.3 Å². The van der Waals surface area contributed by atoms with Gasteiger partial charge in [-0.2, -0.15) is 0 Å². The van der Waals surface area contributed by atoms with Crippen molar-refractivity contribution in [2.45, 2.75) is 98.5 Å². The molecule has 3 saturated carbocycles. The Morgan fingerprint density at radius 1 is 1.19 bits per heavy atom. The van der Waals surface area contributed by atoms with E-state index in [0.29, 0.717) is 22.0 Å². The lowest BCUT2D eigenvalue weighted by Gasteiger charge is -2.58. The Labute approximate surface area is 172 Å². The third-order valence-electron chi connectivity index (χ3n) is 9.80. The molecule has 0 aliphatic heterocycles. The van der Waals surface area contributed by atoms with Gasteiger partial charge >= 0.3 is 0 Å². The molecule has 0 heterocycles. The van der Waals surface area contributed by atoms with Crippen LogP contribution in [-0.2, 0) is 4.74 Å². The Kier molecular flexibility index (Phi) is 5.28. The van der Waals surface area contributed by atoms with Gasteiger partial charge in [-0.05, 0) is 97.6 Å². The normalized spacial score (nSPS) is 47.3. The van der Waals surface area contributed by atoms with Crippen molar-refractivity contribution in [2.24, 2.45) is 40.4 Å². The summed E-state index contributed by atoms with van der Waals surface area (Å²) in [5.41, 5.74) is 2.73. The molecule has 0 N–H and O–H groups in total. The maximum atomic E-state index is 5.95. The highest BCUT2D eigenvalue weighted by Gasteiger charge is 2.59. The van der Waals surface area contributed by atoms with Crippen LogP contribution in [0.4, 0.5) is 0 Å². The van der Waals surface area contributed by atoms with Gasteiger partial charge in [0.15, 0.2) is 5.05 Å². The van der Waals surface area contributed by atoms with Gasteiger partial charge in [-0.25, -0.2) is 0 Å². The van der Waals surface area contributed by atoms with E-state index in [1.807, 2.05) is 6.92 Å². The largest absolute Gasteiger partial charge is 0.484 e. The van der Waals surface area contributed by atoms with E-state index in [-0.39, 0.29) is 0 Å². The van der Waals surface area contributed by atoms with Crippen LogP contribution in [0, 0.1) is 40.4 Å². The lowest BCUT2D eigenvalue weighted by atomic mass is 9.47. The molecule has 0 aromatic heterocycles. The van der Waals surface area contributed by atoms with Gasteiger partial charge in [0.2, 0.25) is 0 Å². The summed E-state index contributed by atoms with van der Waals surface area (Å²) in [6.07, 6.45) is 15.1. The van der Waals surface area contributed by atoms with E-state index < -0.39 is 0 Å². The van der Waals surface area contributed by atoms with Gasteiger partial charge in [0.25, 0.3) is 0 Å². The fourth-order valence-electron chi connectivity index (χ4n) is 8.22. The maximum Gasteiger partial charge on any atom is 0.157 e. The van der Waals surface area contributed by atoms with Gasteiger partial charge < -0.3 is 4.74 Å². The fraction of sp³-hybridized carbons (Fsp3) is 0.880. The molecule has 0 aromatic carbocycles. The van der Waals surface area contributed by atoms with Gasteiger partial charge in [0, 0.05) is 13.3 Å². The summed E-state index contributed by atoms with van der Waals surface area (Å²) in [7, 11) is 0. The molecule has 4 aliphatic carbocycles. The molecular weight excluding hydrogens is 348 g/mol. The van der Waals surface area contributed by atoms with Crippen molar-refractivity contribution in [3.8, 4) is 0 Å². The number of hydrogen-bond donors (Lipinski definition) is 0. The Bertz CT molecular complexity index is 624. The van der Waals surface area contributed by atoms with Gasteiger partial charge in [-0.15, -0.1) is 0 Å². The Hall–Kier alpha value is -0.370. The molecule has 0 saturated heterocycles.